The number of nitrogens with zero attached hydrogens (tertiary/aromatic N) is 1. The van der Waals surface area contributed by atoms with Gasteiger partial charge in [-0.1, -0.05) is 24.3 Å². The first kappa shape index (κ1) is 13.6. The number of rotatable bonds is 5. The second-order valence-electron chi connectivity index (χ2n) is 4.40. The normalized spacial score (nSPS) is 12.6. The molecule has 0 spiro atoms. The Bertz CT molecular complexity index is 515. The van der Waals surface area contributed by atoms with Gasteiger partial charge in [-0.05, 0) is 30.7 Å². The van der Waals surface area contributed by atoms with Crippen molar-refractivity contribution >= 4 is 0 Å². The van der Waals surface area contributed by atoms with Gasteiger partial charge in [0.2, 0.25) is 0 Å². The Kier molecular flexibility index (Phi) is 4.58. The van der Waals surface area contributed by atoms with Crippen LogP contribution in [0.2, 0.25) is 0 Å². The molecule has 0 saturated heterocycles. The highest BCUT2D eigenvalue weighted by Gasteiger charge is 2.08. The summed E-state index contributed by atoms with van der Waals surface area (Å²) < 4.78 is 25.2. The number of hydrogen-bond acceptors (Lipinski definition) is 2. The average Bonchev–Trinajstić information content (AvgIpc) is 2.46. The molecule has 0 aliphatic heterocycles. The summed E-state index contributed by atoms with van der Waals surface area (Å²) in [5.74, 6) is 0. The van der Waals surface area contributed by atoms with Crippen molar-refractivity contribution in [3.05, 3.63) is 65.5 Å². The molecule has 0 radical (unpaired) electrons. The summed E-state index contributed by atoms with van der Waals surface area (Å²) in [6.45, 7) is 2.54. The Balaban J connectivity index is 1.97. The second kappa shape index (κ2) is 6.38. The molecule has 4 heteroatoms. The van der Waals surface area contributed by atoms with Gasteiger partial charge in [-0.3, -0.25) is 4.98 Å². The van der Waals surface area contributed by atoms with Crippen LogP contribution in [0.15, 0.2) is 48.7 Å². The zero-order valence-electron chi connectivity index (χ0n) is 10.7. The summed E-state index contributed by atoms with van der Waals surface area (Å²) >= 11 is 0. The van der Waals surface area contributed by atoms with Crippen LogP contribution in [0, 0.1) is 0 Å². The van der Waals surface area contributed by atoms with Gasteiger partial charge in [-0.15, -0.1) is 0 Å². The Morgan fingerprint density at radius 3 is 2.68 bits per heavy atom. The molecule has 0 aliphatic carbocycles. The molecule has 0 amide bonds. The lowest BCUT2D eigenvalue weighted by molar-refractivity contribution is 0.151. The van der Waals surface area contributed by atoms with Gasteiger partial charge in [0.05, 0.1) is 5.69 Å². The van der Waals surface area contributed by atoms with Crippen LogP contribution in [0.4, 0.5) is 8.78 Å². The van der Waals surface area contributed by atoms with Gasteiger partial charge in [0.15, 0.2) is 0 Å². The zero-order valence-corrected chi connectivity index (χ0v) is 10.7. The third-order valence-corrected chi connectivity index (χ3v) is 2.95. The Morgan fingerprint density at radius 2 is 2.00 bits per heavy atom. The van der Waals surface area contributed by atoms with Crippen molar-refractivity contribution in [1.82, 2.24) is 10.3 Å². The highest BCUT2D eigenvalue weighted by atomic mass is 19.3. The average molecular weight is 262 g/mol. The molecule has 0 saturated carbocycles. The van der Waals surface area contributed by atoms with Gasteiger partial charge in [-0.2, -0.15) is 0 Å². The number of nitrogens with one attached hydrogen (secondary N) is 1. The first-order valence-electron chi connectivity index (χ1n) is 6.18. The third-order valence-electron chi connectivity index (χ3n) is 2.95. The highest BCUT2D eigenvalue weighted by molar-refractivity contribution is 5.24. The van der Waals surface area contributed by atoms with Gasteiger partial charge in [0.25, 0.3) is 6.43 Å². The molecule has 2 rings (SSSR count). The van der Waals surface area contributed by atoms with Crippen LogP contribution in [-0.2, 0) is 6.54 Å². The number of pyridine rings is 1. The lowest BCUT2D eigenvalue weighted by Gasteiger charge is -2.13. The number of benzene rings is 1. The van der Waals surface area contributed by atoms with E-state index in [4.69, 9.17) is 0 Å². The van der Waals surface area contributed by atoms with E-state index < -0.39 is 6.43 Å². The number of halogens is 2. The van der Waals surface area contributed by atoms with Gasteiger partial charge in [0.1, 0.15) is 0 Å². The van der Waals surface area contributed by atoms with Crippen LogP contribution >= 0.6 is 0 Å². The molecule has 1 atom stereocenters. The number of aromatic nitrogens is 1. The summed E-state index contributed by atoms with van der Waals surface area (Å²) in [6.07, 6.45) is -0.682. The zero-order chi connectivity index (χ0) is 13.7. The smallest absolute Gasteiger partial charge is 0.263 e. The van der Waals surface area contributed by atoms with Crippen LogP contribution in [0.3, 0.4) is 0 Å². The molecule has 0 fully saturated rings. The lowest BCUT2D eigenvalue weighted by Crippen LogP contribution is -2.19. The van der Waals surface area contributed by atoms with E-state index in [1.807, 2.05) is 31.2 Å². The van der Waals surface area contributed by atoms with Crippen LogP contribution in [0.1, 0.15) is 36.2 Å². The lowest BCUT2D eigenvalue weighted by atomic mass is 10.1. The van der Waals surface area contributed by atoms with Gasteiger partial charge in [-0.25, -0.2) is 8.78 Å². The van der Waals surface area contributed by atoms with E-state index in [9.17, 15) is 8.78 Å². The van der Waals surface area contributed by atoms with E-state index >= 15 is 0 Å². The summed E-state index contributed by atoms with van der Waals surface area (Å²) in [6, 6.07) is 12.3. The topological polar surface area (TPSA) is 24.9 Å². The Labute approximate surface area is 111 Å². The molecule has 0 bridgehead atoms. The molecule has 19 heavy (non-hydrogen) atoms. The molecule has 2 aromatic rings. The predicted octanol–water partition coefficient (Wildman–Crippen LogP) is 3.87. The first-order valence-corrected chi connectivity index (χ1v) is 6.18. The quantitative estimate of drug-likeness (QED) is 0.884. The van der Waals surface area contributed by atoms with Crippen LogP contribution in [0.25, 0.3) is 0 Å². The maximum atomic E-state index is 12.6. The second-order valence-corrected chi connectivity index (χ2v) is 4.40. The van der Waals surface area contributed by atoms with Crippen molar-refractivity contribution in [2.45, 2.75) is 25.9 Å². The van der Waals surface area contributed by atoms with Crippen molar-refractivity contribution in [3.63, 3.8) is 0 Å². The molecular formula is C15H16F2N2. The van der Waals surface area contributed by atoms with E-state index in [-0.39, 0.29) is 11.6 Å². The van der Waals surface area contributed by atoms with E-state index in [1.165, 1.54) is 12.1 Å². The molecule has 1 aromatic heterocycles. The van der Waals surface area contributed by atoms with Crippen molar-refractivity contribution in [1.29, 1.82) is 0 Å². The summed E-state index contributed by atoms with van der Waals surface area (Å²) in [5, 5.41) is 3.27. The molecule has 1 unspecified atom stereocenters. The summed E-state index contributed by atoms with van der Waals surface area (Å²) in [5.41, 5.74) is 1.85. The van der Waals surface area contributed by atoms with E-state index in [0.29, 0.717) is 6.54 Å². The Hall–Kier alpha value is -1.81. The van der Waals surface area contributed by atoms with Crippen molar-refractivity contribution < 1.29 is 8.78 Å². The van der Waals surface area contributed by atoms with E-state index in [1.54, 1.807) is 12.3 Å². The van der Waals surface area contributed by atoms with Crippen LogP contribution in [0.5, 0.6) is 0 Å². The van der Waals surface area contributed by atoms with Crippen molar-refractivity contribution in [2.75, 3.05) is 0 Å². The number of alkyl halides is 2. The highest BCUT2D eigenvalue weighted by Crippen LogP contribution is 2.19. The van der Waals surface area contributed by atoms with E-state index in [0.717, 1.165) is 11.3 Å². The summed E-state index contributed by atoms with van der Waals surface area (Å²) in [4.78, 5) is 4.25. The van der Waals surface area contributed by atoms with Gasteiger partial charge >= 0.3 is 0 Å². The SMILES string of the molecule is CC(NCc1cccc(C(F)F)c1)c1ccccn1. The van der Waals surface area contributed by atoms with Crippen molar-refractivity contribution in [2.24, 2.45) is 0 Å². The fourth-order valence-electron chi connectivity index (χ4n) is 1.85. The molecular weight excluding hydrogens is 246 g/mol. The predicted molar refractivity (Wildman–Crippen MR) is 70.9 cm³/mol. The molecule has 2 nitrogen and oxygen atoms in total. The third kappa shape index (κ3) is 3.83. The fraction of sp³-hybridized carbons (Fsp3) is 0.267. The van der Waals surface area contributed by atoms with Crippen LogP contribution in [-0.4, -0.2) is 4.98 Å². The van der Waals surface area contributed by atoms with Crippen molar-refractivity contribution in [3.8, 4) is 0 Å². The van der Waals surface area contributed by atoms with E-state index in [2.05, 4.69) is 10.3 Å². The molecule has 1 N–H and O–H groups in total. The minimum absolute atomic E-state index is 0.0600. The van der Waals surface area contributed by atoms with Gasteiger partial charge < -0.3 is 5.32 Å². The van der Waals surface area contributed by atoms with Gasteiger partial charge in [0, 0.05) is 24.3 Å². The minimum Gasteiger partial charge on any atom is -0.305 e. The van der Waals surface area contributed by atoms with Crippen LogP contribution < -0.4 is 5.32 Å². The molecule has 1 aromatic carbocycles. The first-order chi connectivity index (χ1) is 9.16. The minimum atomic E-state index is -2.42. The Morgan fingerprint density at radius 1 is 1.16 bits per heavy atom. The monoisotopic (exact) mass is 262 g/mol. The maximum absolute atomic E-state index is 12.6. The summed E-state index contributed by atoms with van der Waals surface area (Å²) in [7, 11) is 0. The fourth-order valence-corrected chi connectivity index (χ4v) is 1.85. The largest absolute Gasteiger partial charge is 0.305 e. The maximum Gasteiger partial charge on any atom is 0.263 e. The number of hydrogen-bond donors (Lipinski definition) is 1. The standard InChI is InChI=1S/C15H16F2N2/c1-11(14-7-2-3-8-18-14)19-10-12-5-4-6-13(9-12)15(16)17/h2-9,11,15,19H,10H2,1H3. The molecule has 1 heterocycles. The molecule has 0 aliphatic rings. The molecule has 100 valence electrons.